The van der Waals surface area contributed by atoms with Gasteiger partial charge in [-0.3, -0.25) is 0 Å². The Balaban J connectivity index is 2.23. The molecule has 0 radical (unpaired) electrons. The fraction of sp³-hybridized carbons (Fsp3) is 0.538. The molecule has 0 amide bonds. The fourth-order valence-corrected chi connectivity index (χ4v) is 2.88. The minimum atomic E-state index is 0.619. The van der Waals surface area contributed by atoms with Crippen LogP contribution >= 0.6 is 15.9 Å². The van der Waals surface area contributed by atoms with Crippen LogP contribution in [-0.4, -0.2) is 13.2 Å². The van der Waals surface area contributed by atoms with Crippen molar-refractivity contribution in [1.82, 2.24) is 0 Å². The first kappa shape index (κ1) is 11.8. The number of halogens is 1. The van der Waals surface area contributed by atoms with Crippen LogP contribution in [0.3, 0.4) is 0 Å². The predicted molar refractivity (Wildman–Crippen MR) is 71.3 cm³/mol. The first-order valence-corrected chi connectivity index (χ1v) is 6.60. The fourth-order valence-electron chi connectivity index (χ4n) is 2.33. The van der Waals surface area contributed by atoms with Crippen molar-refractivity contribution in [3.8, 4) is 5.75 Å². The van der Waals surface area contributed by atoms with Gasteiger partial charge >= 0.3 is 0 Å². The Hall–Kier alpha value is -0.700. The number of hydrogen-bond acceptors (Lipinski definition) is 2. The minimum absolute atomic E-state index is 0.619. The van der Waals surface area contributed by atoms with Gasteiger partial charge in [0.05, 0.1) is 12.8 Å². The number of aryl methyl sites for hydroxylation is 1. The van der Waals surface area contributed by atoms with Crippen LogP contribution in [0.2, 0.25) is 0 Å². The van der Waals surface area contributed by atoms with E-state index in [0.717, 1.165) is 15.9 Å². The van der Waals surface area contributed by atoms with Crippen LogP contribution in [0, 0.1) is 6.92 Å². The summed E-state index contributed by atoms with van der Waals surface area (Å²) in [5.74, 6) is 0.929. The van der Waals surface area contributed by atoms with E-state index in [4.69, 9.17) is 4.74 Å². The molecule has 1 saturated carbocycles. The molecule has 1 fully saturated rings. The Morgan fingerprint density at radius 2 is 2.00 bits per heavy atom. The Labute approximate surface area is 106 Å². The highest BCUT2D eigenvalue weighted by Crippen LogP contribution is 2.34. The van der Waals surface area contributed by atoms with Crippen molar-refractivity contribution >= 4 is 21.6 Å². The number of nitrogens with one attached hydrogen (secondary N) is 1. The van der Waals surface area contributed by atoms with Crippen LogP contribution in [0.15, 0.2) is 16.6 Å². The van der Waals surface area contributed by atoms with Crippen molar-refractivity contribution in [2.75, 3.05) is 12.4 Å². The van der Waals surface area contributed by atoms with E-state index in [0.29, 0.717) is 6.04 Å². The highest BCUT2D eigenvalue weighted by Gasteiger charge is 2.17. The molecule has 1 aliphatic rings. The van der Waals surface area contributed by atoms with E-state index in [2.05, 4.69) is 34.2 Å². The molecule has 3 heteroatoms. The van der Waals surface area contributed by atoms with Crippen molar-refractivity contribution in [2.24, 2.45) is 0 Å². The lowest BCUT2D eigenvalue weighted by molar-refractivity contribution is 0.415. The summed E-state index contributed by atoms with van der Waals surface area (Å²) in [6.07, 6.45) is 5.24. The maximum Gasteiger partial charge on any atom is 0.143 e. The lowest BCUT2D eigenvalue weighted by Gasteiger charge is -2.19. The molecule has 0 atom stereocenters. The summed E-state index contributed by atoms with van der Waals surface area (Å²) >= 11 is 3.49. The third kappa shape index (κ3) is 2.51. The van der Waals surface area contributed by atoms with Crippen LogP contribution < -0.4 is 10.1 Å². The van der Waals surface area contributed by atoms with E-state index in [-0.39, 0.29) is 0 Å². The van der Waals surface area contributed by atoms with E-state index < -0.39 is 0 Å². The van der Waals surface area contributed by atoms with Crippen LogP contribution in [0.4, 0.5) is 5.69 Å². The van der Waals surface area contributed by atoms with Gasteiger partial charge in [-0.25, -0.2) is 0 Å². The second-order valence-corrected chi connectivity index (χ2v) is 5.34. The van der Waals surface area contributed by atoms with Gasteiger partial charge in [0, 0.05) is 10.5 Å². The van der Waals surface area contributed by atoms with E-state index in [1.165, 1.54) is 31.2 Å². The largest absolute Gasteiger partial charge is 0.495 e. The van der Waals surface area contributed by atoms with Gasteiger partial charge in [-0.15, -0.1) is 0 Å². The molecule has 0 aromatic heterocycles. The molecule has 2 nitrogen and oxygen atoms in total. The number of anilines is 1. The molecule has 0 bridgehead atoms. The van der Waals surface area contributed by atoms with E-state index in [1.54, 1.807) is 7.11 Å². The topological polar surface area (TPSA) is 21.3 Å². The zero-order chi connectivity index (χ0) is 11.5. The van der Waals surface area contributed by atoms with Gasteiger partial charge in [-0.1, -0.05) is 28.8 Å². The first-order valence-electron chi connectivity index (χ1n) is 5.81. The molecule has 1 N–H and O–H groups in total. The standard InChI is InChI=1S/C13H18BrNO/c1-9-7-10(14)8-12(16-2)13(9)15-11-5-3-4-6-11/h7-8,11,15H,3-6H2,1-2H3. The third-order valence-corrected chi connectivity index (χ3v) is 3.65. The molecule has 0 unspecified atom stereocenters. The van der Waals surface area contributed by atoms with E-state index >= 15 is 0 Å². The third-order valence-electron chi connectivity index (χ3n) is 3.19. The highest BCUT2D eigenvalue weighted by atomic mass is 79.9. The normalized spacial score (nSPS) is 16.4. The Morgan fingerprint density at radius 1 is 1.31 bits per heavy atom. The van der Waals surface area contributed by atoms with Crippen molar-refractivity contribution in [2.45, 2.75) is 38.6 Å². The van der Waals surface area contributed by atoms with Crippen molar-refractivity contribution in [1.29, 1.82) is 0 Å². The van der Waals surface area contributed by atoms with Crippen molar-refractivity contribution < 1.29 is 4.74 Å². The van der Waals surface area contributed by atoms with Crippen LogP contribution in [-0.2, 0) is 0 Å². The summed E-state index contributed by atoms with van der Waals surface area (Å²) < 4.78 is 6.49. The average molecular weight is 284 g/mol. The van der Waals surface area contributed by atoms with Gasteiger partial charge < -0.3 is 10.1 Å². The smallest absolute Gasteiger partial charge is 0.143 e. The molecule has 88 valence electrons. The quantitative estimate of drug-likeness (QED) is 0.901. The summed E-state index contributed by atoms with van der Waals surface area (Å²) in [5, 5.41) is 3.61. The minimum Gasteiger partial charge on any atom is -0.495 e. The van der Waals surface area contributed by atoms with Crippen LogP contribution in [0.1, 0.15) is 31.2 Å². The zero-order valence-electron chi connectivity index (χ0n) is 9.85. The molecule has 0 heterocycles. The van der Waals surface area contributed by atoms with Crippen LogP contribution in [0.25, 0.3) is 0 Å². The predicted octanol–water partition coefficient (Wildman–Crippen LogP) is 4.12. The molecule has 1 aromatic carbocycles. The monoisotopic (exact) mass is 283 g/mol. The van der Waals surface area contributed by atoms with Gasteiger partial charge in [0.15, 0.2) is 0 Å². The molecule has 1 aliphatic carbocycles. The second kappa shape index (κ2) is 5.09. The zero-order valence-corrected chi connectivity index (χ0v) is 11.4. The highest BCUT2D eigenvalue weighted by molar-refractivity contribution is 9.10. The molecule has 1 aromatic rings. The molecule has 16 heavy (non-hydrogen) atoms. The number of rotatable bonds is 3. The lowest BCUT2D eigenvalue weighted by Crippen LogP contribution is -2.16. The van der Waals surface area contributed by atoms with Crippen molar-refractivity contribution in [3.63, 3.8) is 0 Å². The summed E-state index contributed by atoms with van der Waals surface area (Å²) in [6.45, 7) is 2.12. The molecular weight excluding hydrogens is 266 g/mol. The number of methoxy groups -OCH3 is 1. The molecular formula is C13H18BrNO. The van der Waals surface area contributed by atoms with Gasteiger partial charge in [0.25, 0.3) is 0 Å². The summed E-state index contributed by atoms with van der Waals surface area (Å²) in [6, 6.07) is 4.76. The lowest BCUT2D eigenvalue weighted by atomic mass is 10.1. The Morgan fingerprint density at radius 3 is 2.62 bits per heavy atom. The van der Waals surface area contributed by atoms with Crippen LogP contribution in [0.5, 0.6) is 5.75 Å². The first-order chi connectivity index (χ1) is 7.70. The summed E-state index contributed by atoms with van der Waals surface area (Å²) in [4.78, 5) is 0. The summed E-state index contributed by atoms with van der Waals surface area (Å²) in [5.41, 5.74) is 2.38. The number of hydrogen-bond donors (Lipinski definition) is 1. The Kier molecular flexibility index (Phi) is 3.74. The maximum atomic E-state index is 5.42. The van der Waals surface area contributed by atoms with E-state index in [9.17, 15) is 0 Å². The molecule has 0 saturated heterocycles. The molecule has 0 aliphatic heterocycles. The number of benzene rings is 1. The van der Waals surface area contributed by atoms with E-state index in [1.807, 2.05) is 6.07 Å². The molecule has 0 spiro atoms. The Bertz CT molecular complexity index is 372. The molecule has 2 rings (SSSR count). The number of ether oxygens (including phenoxy) is 1. The van der Waals surface area contributed by atoms with Gasteiger partial charge in [-0.2, -0.15) is 0 Å². The van der Waals surface area contributed by atoms with Gasteiger partial charge in [-0.05, 0) is 37.5 Å². The van der Waals surface area contributed by atoms with Gasteiger partial charge in [0.2, 0.25) is 0 Å². The average Bonchev–Trinajstić information content (AvgIpc) is 2.74. The maximum absolute atomic E-state index is 5.42. The second-order valence-electron chi connectivity index (χ2n) is 4.43. The SMILES string of the molecule is COc1cc(Br)cc(C)c1NC1CCCC1. The van der Waals surface area contributed by atoms with Crippen molar-refractivity contribution in [3.05, 3.63) is 22.2 Å². The summed E-state index contributed by atoms with van der Waals surface area (Å²) in [7, 11) is 1.72. The van der Waals surface area contributed by atoms with Gasteiger partial charge in [0.1, 0.15) is 5.75 Å².